The Labute approximate surface area is 114 Å². The molecule has 2 nitrogen and oxygen atoms in total. The highest BCUT2D eigenvalue weighted by atomic mass is 15.2. The quantitative estimate of drug-likeness (QED) is 0.780. The fourth-order valence-electron chi connectivity index (χ4n) is 3.34. The first-order valence-corrected chi connectivity index (χ1v) is 7.90. The number of nitrogens with zero attached hydrogens (tertiary/aromatic N) is 1. The minimum Gasteiger partial charge on any atom is -0.312 e. The van der Waals surface area contributed by atoms with Gasteiger partial charge in [-0.2, -0.15) is 0 Å². The van der Waals surface area contributed by atoms with E-state index in [1.54, 1.807) is 0 Å². The van der Waals surface area contributed by atoms with Gasteiger partial charge in [0.15, 0.2) is 0 Å². The van der Waals surface area contributed by atoms with E-state index >= 15 is 0 Å². The van der Waals surface area contributed by atoms with E-state index < -0.39 is 0 Å². The van der Waals surface area contributed by atoms with Crippen LogP contribution in [0.5, 0.6) is 0 Å². The maximum absolute atomic E-state index is 3.66. The molecule has 2 heteroatoms. The SMILES string of the molecule is CCCC1(CN2CCC(CNC(C)(C)C)C2)CC1. The highest BCUT2D eigenvalue weighted by Gasteiger charge is 2.43. The van der Waals surface area contributed by atoms with Gasteiger partial charge in [-0.1, -0.05) is 13.3 Å². The Morgan fingerprint density at radius 3 is 2.56 bits per heavy atom. The summed E-state index contributed by atoms with van der Waals surface area (Å²) < 4.78 is 0. The van der Waals surface area contributed by atoms with Crippen LogP contribution in [0.1, 0.15) is 59.8 Å². The van der Waals surface area contributed by atoms with Crippen LogP contribution >= 0.6 is 0 Å². The van der Waals surface area contributed by atoms with Gasteiger partial charge in [-0.15, -0.1) is 0 Å². The van der Waals surface area contributed by atoms with Gasteiger partial charge in [-0.3, -0.25) is 0 Å². The van der Waals surface area contributed by atoms with Crippen molar-refractivity contribution in [2.75, 3.05) is 26.2 Å². The normalized spacial score (nSPS) is 27.7. The second-order valence-electron chi connectivity index (χ2n) is 7.77. The summed E-state index contributed by atoms with van der Waals surface area (Å²) in [7, 11) is 0. The molecule has 2 aliphatic rings. The van der Waals surface area contributed by atoms with Crippen molar-refractivity contribution in [1.29, 1.82) is 0 Å². The van der Waals surface area contributed by atoms with Crippen molar-refractivity contribution in [3.8, 4) is 0 Å². The number of hydrogen-bond acceptors (Lipinski definition) is 2. The Kier molecular flexibility index (Phi) is 4.38. The lowest BCUT2D eigenvalue weighted by Gasteiger charge is -2.25. The first-order chi connectivity index (χ1) is 8.42. The third kappa shape index (κ3) is 4.24. The molecular formula is C16H32N2. The van der Waals surface area contributed by atoms with Gasteiger partial charge in [0.2, 0.25) is 0 Å². The van der Waals surface area contributed by atoms with E-state index in [0.717, 1.165) is 11.3 Å². The Morgan fingerprint density at radius 2 is 2.00 bits per heavy atom. The van der Waals surface area contributed by atoms with Gasteiger partial charge in [0.05, 0.1) is 0 Å². The molecule has 0 aromatic heterocycles. The molecule has 1 aliphatic carbocycles. The summed E-state index contributed by atoms with van der Waals surface area (Å²) in [4.78, 5) is 2.73. The van der Waals surface area contributed by atoms with E-state index in [1.807, 2.05) is 0 Å². The molecule has 1 saturated carbocycles. The number of rotatable bonds is 6. The largest absolute Gasteiger partial charge is 0.312 e. The van der Waals surface area contributed by atoms with Crippen LogP contribution in [0, 0.1) is 11.3 Å². The summed E-state index contributed by atoms with van der Waals surface area (Å²) in [6, 6.07) is 0. The molecule has 0 amide bonds. The molecule has 1 N–H and O–H groups in total. The molecule has 0 aromatic carbocycles. The van der Waals surface area contributed by atoms with Gasteiger partial charge < -0.3 is 10.2 Å². The maximum atomic E-state index is 3.66. The van der Waals surface area contributed by atoms with Crippen molar-refractivity contribution in [3.05, 3.63) is 0 Å². The summed E-state index contributed by atoms with van der Waals surface area (Å²) in [5.74, 6) is 0.877. The first kappa shape index (κ1) is 14.3. The number of likely N-dealkylation sites (tertiary alicyclic amines) is 1. The van der Waals surface area contributed by atoms with Crippen molar-refractivity contribution in [2.24, 2.45) is 11.3 Å². The van der Waals surface area contributed by atoms with Crippen LogP contribution in [0.2, 0.25) is 0 Å². The second-order valence-corrected chi connectivity index (χ2v) is 7.77. The van der Waals surface area contributed by atoms with E-state index in [2.05, 4.69) is 37.9 Å². The van der Waals surface area contributed by atoms with E-state index in [4.69, 9.17) is 0 Å². The zero-order valence-electron chi connectivity index (χ0n) is 12.9. The summed E-state index contributed by atoms with van der Waals surface area (Å²) in [5.41, 5.74) is 1.01. The van der Waals surface area contributed by atoms with Crippen molar-refractivity contribution in [1.82, 2.24) is 10.2 Å². The van der Waals surface area contributed by atoms with Gasteiger partial charge in [-0.05, 0) is 70.9 Å². The molecule has 2 fully saturated rings. The molecule has 0 spiro atoms. The summed E-state index contributed by atoms with van der Waals surface area (Å²) in [6.07, 6.45) is 7.19. The lowest BCUT2D eigenvalue weighted by molar-refractivity contribution is 0.242. The Bertz CT molecular complexity index is 263. The van der Waals surface area contributed by atoms with Gasteiger partial charge in [-0.25, -0.2) is 0 Å². The molecule has 1 saturated heterocycles. The maximum Gasteiger partial charge on any atom is 0.00966 e. The second kappa shape index (κ2) is 5.50. The molecule has 1 heterocycles. The fraction of sp³-hybridized carbons (Fsp3) is 1.00. The molecule has 1 aliphatic heterocycles. The third-order valence-electron chi connectivity index (χ3n) is 4.59. The first-order valence-electron chi connectivity index (χ1n) is 7.90. The van der Waals surface area contributed by atoms with Gasteiger partial charge in [0.25, 0.3) is 0 Å². The van der Waals surface area contributed by atoms with Crippen molar-refractivity contribution in [2.45, 2.75) is 65.3 Å². The molecule has 0 bridgehead atoms. The minimum atomic E-state index is 0.271. The fourth-order valence-corrected chi connectivity index (χ4v) is 3.34. The van der Waals surface area contributed by atoms with Crippen LogP contribution < -0.4 is 5.32 Å². The van der Waals surface area contributed by atoms with Crippen molar-refractivity contribution in [3.63, 3.8) is 0 Å². The van der Waals surface area contributed by atoms with Crippen LogP contribution in [0.15, 0.2) is 0 Å². The molecule has 1 unspecified atom stereocenters. The van der Waals surface area contributed by atoms with Crippen LogP contribution in [0.3, 0.4) is 0 Å². The number of nitrogens with one attached hydrogen (secondary N) is 1. The van der Waals surface area contributed by atoms with Crippen LogP contribution in [-0.2, 0) is 0 Å². The predicted octanol–water partition coefficient (Wildman–Crippen LogP) is 3.28. The zero-order chi connectivity index (χ0) is 13.2. The molecule has 106 valence electrons. The van der Waals surface area contributed by atoms with Crippen LogP contribution in [0.25, 0.3) is 0 Å². The molecule has 18 heavy (non-hydrogen) atoms. The average molecular weight is 252 g/mol. The standard InChI is InChI=1S/C16H32N2/c1-5-7-16(8-9-16)13-18-10-6-14(12-18)11-17-15(2,3)4/h14,17H,5-13H2,1-4H3. The smallest absolute Gasteiger partial charge is 0.00966 e. The summed E-state index contributed by atoms with van der Waals surface area (Å²) in [6.45, 7) is 14.4. The minimum absolute atomic E-state index is 0.271. The Hall–Kier alpha value is -0.0800. The summed E-state index contributed by atoms with van der Waals surface area (Å²) in [5, 5.41) is 3.66. The van der Waals surface area contributed by atoms with Crippen LogP contribution in [0.4, 0.5) is 0 Å². The third-order valence-corrected chi connectivity index (χ3v) is 4.59. The Balaban J connectivity index is 1.69. The van der Waals surface area contributed by atoms with Crippen LogP contribution in [-0.4, -0.2) is 36.6 Å². The monoisotopic (exact) mass is 252 g/mol. The predicted molar refractivity (Wildman–Crippen MR) is 78.9 cm³/mol. The topological polar surface area (TPSA) is 15.3 Å². The van der Waals surface area contributed by atoms with Gasteiger partial charge in [0.1, 0.15) is 0 Å². The molecular weight excluding hydrogens is 220 g/mol. The average Bonchev–Trinajstić information content (AvgIpc) is 2.86. The molecule has 0 aromatic rings. The lowest BCUT2D eigenvalue weighted by Crippen LogP contribution is -2.40. The Morgan fingerprint density at radius 1 is 1.28 bits per heavy atom. The van der Waals surface area contributed by atoms with Crippen molar-refractivity contribution >= 4 is 0 Å². The van der Waals surface area contributed by atoms with E-state index in [0.29, 0.717) is 0 Å². The van der Waals surface area contributed by atoms with E-state index in [9.17, 15) is 0 Å². The van der Waals surface area contributed by atoms with E-state index in [-0.39, 0.29) is 5.54 Å². The van der Waals surface area contributed by atoms with Gasteiger partial charge in [0, 0.05) is 18.6 Å². The summed E-state index contributed by atoms with van der Waals surface area (Å²) >= 11 is 0. The number of hydrogen-bond donors (Lipinski definition) is 1. The van der Waals surface area contributed by atoms with Crippen molar-refractivity contribution < 1.29 is 0 Å². The molecule has 1 atom stereocenters. The zero-order valence-corrected chi connectivity index (χ0v) is 12.9. The molecule has 0 radical (unpaired) electrons. The van der Waals surface area contributed by atoms with E-state index in [1.165, 1.54) is 58.3 Å². The lowest BCUT2D eigenvalue weighted by atomic mass is 10.0. The highest BCUT2D eigenvalue weighted by molar-refractivity contribution is 4.96. The van der Waals surface area contributed by atoms with Gasteiger partial charge >= 0.3 is 0 Å². The highest BCUT2D eigenvalue weighted by Crippen LogP contribution is 2.50. The molecule has 2 rings (SSSR count).